The first-order valence-electron chi connectivity index (χ1n) is 6.21. The SMILES string of the molecule is Cc1ccnc(-c2cc(CC[C@@H](C)O)ccn2)c1. The lowest BCUT2D eigenvalue weighted by Gasteiger charge is -2.06. The average Bonchev–Trinajstić information content (AvgIpc) is 2.37. The van der Waals surface area contributed by atoms with Crippen molar-refractivity contribution in [1.82, 2.24) is 9.97 Å². The van der Waals surface area contributed by atoms with Crippen molar-refractivity contribution in [2.75, 3.05) is 0 Å². The number of rotatable bonds is 4. The molecule has 1 atom stereocenters. The molecule has 0 fully saturated rings. The van der Waals surface area contributed by atoms with Gasteiger partial charge in [-0.25, -0.2) is 0 Å². The van der Waals surface area contributed by atoms with Crippen molar-refractivity contribution in [1.29, 1.82) is 0 Å². The quantitative estimate of drug-likeness (QED) is 0.896. The predicted octanol–water partition coefficient (Wildman–Crippen LogP) is 2.77. The molecule has 18 heavy (non-hydrogen) atoms. The second kappa shape index (κ2) is 5.74. The van der Waals surface area contributed by atoms with Crippen molar-refractivity contribution in [3.05, 3.63) is 47.8 Å². The molecule has 0 spiro atoms. The van der Waals surface area contributed by atoms with Gasteiger partial charge in [0.05, 0.1) is 17.5 Å². The molecule has 0 aliphatic heterocycles. The molecular formula is C15H18N2O. The van der Waals surface area contributed by atoms with Crippen LogP contribution in [-0.2, 0) is 6.42 Å². The van der Waals surface area contributed by atoms with Gasteiger partial charge in [0.25, 0.3) is 0 Å². The Morgan fingerprint density at radius 3 is 2.44 bits per heavy atom. The molecule has 3 heteroatoms. The van der Waals surface area contributed by atoms with Gasteiger partial charge in [0.15, 0.2) is 0 Å². The van der Waals surface area contributed by atoms with Gasteiger partial charge in [0, 0.05) is 12.4 Å². The predicted molar refractivity (Wildman–Crippen MR) is 72.2 cm³/mol. The molecular weight excluding hydrogens is 224 g/mol. The van der Waals surface area contributed by atoms with Crippen LogP contribution in [0.1, 0.15) is 24.5 Å². The highest BCUT2D eigenvalue weighted by Crippen LogP contribution is 2.17. The molecule has 1 N–H and O–H groups in total. The van der Waals surface area contributed by atoms with E-state index in [2.05, 4.69) is 9.97 Å². The van der Waals surface area contributed by atoms with Gasteiger partial charge in [-0.2, -0.15) is 0 Å². The van der Waals surface area contributed by atoms with E-state index < -0.39 is 0 Å². The highest BCUT2D eigenvalue weighted by atomic mass is 16.3. The van der Waals surface area contributed by atoms with Crippen LogP contribution in [0.25, 0.3) is 11.4 Å². The summed E-state index contributed by atoms with van der Waals surface area (Å²) in [5.74, 6) is 0. The zero-order valence-electron chi connectivity index (χ0n) is 10.8. The lowest BCUT2D eigenvalue weighted by atomic mass is 10.1. The molecule has 0 radical (unpaired) electrons. The third-order valence-electron chi connectivity index (χ3n) is 2.85. The second-order valence-corrected chi connectivity index (χ2v) is 4.66. The van der Waals surface area contributed by atoms with Crippen LogP contribution in [-0.4, -0.2) is 21.2 Å². The number of hydrogen-bond donors (Lipinski definition) is 1. The molecule has 2 aromatic rings. The molecule has 2 heterocycles. The maximum atomic E-state index is 9.31. The van der Waals surface area contributed by atoms with Crippen molar-refractivity contribution in [3.8, 4) is 11.4 Å². The summed E-state index contributed by atoms with van der Waals surface area (Å²) in [6.45, 7) is 3.85. The van der Waals surface area contributed by atoms with E-state index in [-0.39, 0.29) is 6.10 Å². The zero-order chi connectivity index (χ0) is 13.0. The number of nitrogens with zero attached hydrogens (tertiary/aromatic N) is 2. The monoisotopic (exact) mass is 242 g/mol. The van der Waals surface area contributed by atoms with E-state index in [1.807, 2.05) is 38.1 Å². The van der Waals surface area contributed by atoms with Gasteiger partial charge in [0.2, 0.25) is 0 Å². The minimum absolute atomic E-state index is 0.265. The molecule has 0 saturated carbocycles. The second-order valence-electron chi connectivity index (χ2n) is 4.66. The summed E-state index contributed by atoms with van der Waals surface area (Å²) in [5.41, 5.74) is 4.15. The van der Waals surface area contributed by atoms with Gasteiger partial charge in [0.1, 0.15) is 0 Å². The van der Waals surface area contributed by atoms with Crippen molar-refractivity contribution in [2.45, 2.75) is 32.8 Å². The Kier molecular flexibility index (Phi) is 4.05. The third kappa shape index (κ3) is 3.37. The summed E-state index contributed by atoms with van der Waals surface area (Å²) in [5, 5.41) is 9.31. The van der Waals surface area contributed by atoms with Crippen LogP contribution in [0.3, 0.4) is 0 Å². The summed E-state index contributed by atoms with van der Waals surface area (Å²) in [6, 6.07) is 8.04. The fourth-order valence-corrected chi connectivity index (χ4v) is 1.82. The molecule has 0 amide bonds. The van der Waals surface area contributed by atoms with Gasteiger partial charge in [-0.15, -0.1) is 0 Å². The van der Waals surface area contributed by atoms with Gasteiger partial charge in [-0.05, 0) is 62.1 Å². The molecule has 94 valence electrons. The average molecular weight is 242 g/mol. The largest absolute Gasteiger partial charge is 0.393 e. The van der Waals surface area contributed by atoms with Gasteiger partial charge in [-0.1, -0.05) is 0 Å². The smallest absolute Gasteiger partial charge is 0.0888 e. The Balaban J connectivity index is 2.21. The molecule has 0 bridgehead atoms. The summed E-state index contributed by atoms with van der Waals surface area (Å²) in [4.78, 5) is 8.69. The van der Waals surface area contributed by atoms with E-state index in [9.17, 15) is 5.11 Å². The number of aromatic nitrogens is 2. The summed E-state index contributed by atoms with van der Waals surface area (Å²) in [6.07, 6.45) is 4.97. The molecule has 0 unspecified atom stereocenters. The molecule has 2 rings (SSSR count). The standard InChI is InChI=1S/C15H18N2O/c1-11-5-7-16-14(9-11)15-10-13(6-8-17-15)4-3-12(2)18/h5-10,12,18H,3-4H2,1-2H3/t12-/m1/s1. The van der Waals surface area contributed by atoms with Crippen LogP contribution < -0.4 is 0 Å². The van der Waals surface area contributed by atoms with Crippen LogP contribution >= 0.6 is 0 Å². The maximum Gasteiger partial charge on any atom is 0.0888 e. The van der Waals surface area contributed by atoms with Crippen molar-refractivity contribution >= 4 is 0 Å². The minimum atomic E-state index is -0.265. The molecule has 0 aliphatic rings. The fraction of sp³-hybridized carbons (Fsp3) is 0.333. The lowest BCUT2D eigenvalue weighted by Crippen LogP contribution is -2.01. The van der Waals surface area contributed by atoms with Crippen LogP contribution in [0.15, 0.2) is 36.7 Å². The van der Waals surface area contributed by atoms with E-state index in [1.165, 1.54) is 11.1 Å². The van der Waals surface area contributed by atoms with Gasteiger partial charge in [-0.3, -0.25) is 9.97 Å². The number of hydrogen-bond acceptors (Lipinski definition) is 3. The number of pyridine rings is 2. The van der Waals surface area contributed by atoms with Crippen LogP contribution in [0.5, 0.6) is 0 Å². The van der Waals surface area contributed by atoms with Crippen LogP contribution in [0.4, 0.5) is 0 Å². The van der Waals surface area contributed by atoms with Crippen LogP contribution in [0.2, 0.25) is 0 Å². The van der Waals surface area contributed by atoms with Crippen molar-refractivity contribution in [3.63, 3.8) is 0 Å². The highest BCUT2D eigenvalue weighted by Gasteiger charge is 2.04. The third-order valence-corrected chi connectivity index (χ3v) is 2.85. The molecule has 3 nitrogen and oxygen atoms in total. The molecule has 0 saturated heterocycles. The molecule has 0 aliphatic carbocycles. The Hall–Kier alpha value is -1.74. The van der Waals surface area contributed by atoms with E-state index in [4.69, 9.17) is 0 Å². The van der Waals surface area contributed by atoms with E-state index in [1.54, 1.807) is 12.4 Å². The van der Waals surface area contributed by atoms with E-state index in [0.29, 0.717) is 0 Å². The lowest BCUT2D eigenvalue weighted by molar-refractivity contribution is 0.185. The first-order chi connectivity index (χ1) is 8.65. The molecule has 0 aromatic carbocycles. The normalized spacial score (nSPS) is 12.4. The Bertz CT molecular complexity index is 523. The van der Waals surface area contributed by atoms with Crippen LogP contribution in [0, 0.1) is 6.92 Å². The Labute approximate surface area is 108 Å². The van der Waals surface area contributed by atoms with Crippen molar-refractivity contribution in [2.24, 2.45) is 0 Å². The fourth-order valence-electron chi connectivity index (χ4n) is 1.82. The number of aliphatic hydroxyl groups is 1. The van der Waals surface area contributed by atoms with Gasteiger partial charge < -0.3 is 5.11 Å². The van der Waals surface area contributed by atoms with Crippen molar-refractivity contribution < 1.29 is 5.11 Å². The summed E-state index contributed by atoms with van der Waals surface area (Å²) in [7, 11) is 0. The summed E-state index contributed by atoms with van der Waals surface area (Å²) < 4.78 is 0. The maximum absolute atomic E-state index is 9.31. The summed E-state index contributed by atoms with van der Waals surface area (Å²) >= 11 is 0. The Morgan fingerprint density at radius 2 is 1.78 bits per heavy atom. The zero-order valence-corrected chi connectivity index (χ0v) is 10.8. The van der Waals surface area contributed by atoms with E-state index in [0.717, 1.165) is 24.2 Å². The Morgan fingerprint density at radius 1 is 1.11 bits per heavy atom. The van der Waals surface area contributed by atoms with E-state index >= 15 is 0 Å². The molecule has 2 aromatic heterocycles. The first-order valence-corrected chi connectivity index (χ1v) is 6.21. The highest BCUT2D eigenvalue weighted by molar-refractivity contribution is 5.55. The number of aliphatic hydroxyl groups excluding tert-OH is 1. The topological polar surface area (TPSA) is 46.0 Å². The first kappa shape index (κ1) is 12.7. The number of aryl methyl sites for hydroxylation is 2. The van der Waals surface area contributed by atoms with Gasteiger partial charge >= 0.3 is 0 Å². The minimum Gasteiger partial charge on any atom is -0.393 e.